The van der Waals surface area contributed by atoms with Gasteiger partial charge in [0.1, 0.15) is 22.8 Å². The van der Waals surface area contributed by atoms with Crippen molar-refractivity contribution in [3.63, 3.8) is 0 Å². The van der Waals surface area contributed by atoms with Crippen molar-refractivity contribution >= 4 is 22.4 Å². The Morgan fingerprint density at radius 1 is 1.08 bits per heavy atom. The molecular weight excluding hydrogens is 454 g/mol. The first-order chi connectivity index (χ1) is 17.5. The molecule has 1 heterocycles. The molecule has 6 heteroatoms. The molecule has 1 N–H and O–H groups in total. The summed E-state index contributed by atoms with van der Waals surface area (Å²) in [6.45, 7) is 4.54. The summed E-state index contributed by atoms with van der Waals surface area (Å²) in [6, 6.07) is 7.69. The molecule has 36 heavy (non-hydrogen) atoms. The summed E-state index contributed by atoms with van der Waals surface area (Å²) >= 11 is 0. The molecule has 6 nitrogen and oxygen atoms in total. The topological polar surface area (TPSA) is 69.9 Å². The number of allylic oxidation sites excluding steroid dienone is 2. The van der Waals surface area contributed by atoms with Gasteiger partial charge in [0.05, 0.1) is 27.6 Å². The maximum atomic E-state index is 12.7. The second kappa shape index (κ2) is 11.4. The Morgan fingerprint density at radius 2 is 1.92 bits per heavy atom. The number of rotatable bonds is 9. The van der Waals surface area contributed by atoms with Gasteiger partial charge in [-0.15, -0.1) is 0 Å². The van der Waals surface area contributed by atoms with Crippen LogP contribution in [0.25, 0.3) is 27.7 Å². The maximum Gasteiger partial charge on any atom is 0.244 e. The van der Waals surface area contributed by atoms with Gasteiger partial charge in [0.2, 0.25) is 5.91 Å². The van der Waals surface area contributed by atoms with Crippen LogP contribution >= 0.6 is 0 Å². The number of methoxy groups -OCH3 is 3. The molecule has 1 aliphatic rings. The lowest BCUT2D eigenvalue weighted by Crippen LogP contribution is -2.23. The highest BCUT2D eigenvalue weighted by Crippen LogP contribution is 2.43. The molecule has 4 rings (SSSR count). The van der Waals surface area contributed by atoms with Crippen molar-refractivity contribution in [1.82, 2.24) is 5.32 Å². The van der Waals surface area contributed by atoms with Crippen molar-refractivity contribution in [3.8, 4) is 28.4 Å². The SMILES string of the molecule is COc1ccc(OC)c(-c2coc3c(C)c(OC)c(/C(C)=C/C(=O)NCCC4=CCCCC4)cc23)c1. The third kappa shape index (κ3) is 5.27. The van der Waals surface area contributed by atoms with E-state index in [0.717, 1.165) is 63.8 Å². The second-order valence-electron chi connectivity index (χ2n) is 9.15. The normalized spacial score (nSPS) is 13.9. The Kier molecular flexibility index (Phi) is 8.04. The molecule has 1 aromatic heterocycles. The molecule has 190 valence electrons. The van der Waals surface area contributed by atoms with E-state index < -0.39 is 0 Å². The van der Waals surface area contributed by atoms with Crippen LogP contribution in [0, 0.1) is 6.92 Å². The summed E-state index contributed by atoms with van der Waals surface area (Å²) in [4.78, 5) is 12.7. The lowest BCUT2D eigenvalue weighted by atomic mass is 9.96. The first kappa shape index (κ1) is 25.4. The Morgan fingerprint density at radius 3 is 2.61 bits per heavy atom. The molecule has 0 aliphatic heterocycles. The van der Waals surface area contributed by atoms with Crippen molar-refractivity contribution in [2.45, 2.75) is 46.0 Å². The van der Waals surface area contributed by atoms with Crippen molar-refractivity contribution < 1.29 is 23.4 Å². The van der Waals surface area contributed by atoms with Gasteiger partial charge in [-0.3, -0.25) is 4.79 Å². The van der Waals surface area contributed by atoms with Gasteiger partial charge in [-0.2, -0.15) is 0 Å². The Balaban J connectivity index is 1.67. The highest BCUT2D eigenvalue weighted by atomic mass is 16.5. The molecule has 0 saturated carbocycles. The molecule has 1 aliphatic carbocycles. The van der Waals surface area contributed by atoms with Crippen molar-refractivity contribution in [3.05, 3.63) is 59.4 Å². The van der Waals surface area contributed by atoms with Crippen molar-refractivity contribution in [2.75, 3.05) is 27.9 Å². The molecule has 0 fully saturated rings. The number of furan rings is 1. The Hall–Kier alpha value is -3.67. The van der Waals surface area contributed by atoms with Crippen LogP contribution in [-0.4, -0.2) is 33.8 Å². The van der Waals surface area contributed by atoms with Crippen LogP contribution in [0.1, 0.15) is 50.2 Å². The molecule has 0 radical (unpaired) electrons. The highest BCUT2D eigenvalue weighted by Gasteiger charge is 2.21. The minimum atomic E-state index is -0.106. The summed E-state index contributed by atoms with van der Waals surface area (Å²) in [5.74, 6) is 2.02. The number of aryl methyl sites for hydroxylation is 1. The average Bonchev–Trinajstić information content (AvgIpc) is 3.33. The number of carbonyl (C=O) groups is 1. The Labute approximate surface area is 212 Å². The maximum absolute atomic E-state index is 12.7. The van der Waals surface area contributed by atoms with E-state index in [4.69, 9.17) is 18.6 Å². The van der Waals surface area contributed by atoms with E-state index in [-0.39, 0.29) is 5.91 Å². The van der Waals surface area contributed by atoms with E-state index in [0.29, 0.717) is 18.0 Å². The number of hydrogen-bond donors (Lipinski definition) is 1. The van der Waals surface area contributed by atoms with Crippen molar-refractivity contribution in [2.24, 2.45) is 0 Å². The van der Waals surface area contributed by atoms with E-state index in [2.05, 4.69) is 11.4 Å². The zero-order valence-electron chi connectivity index (χ0n) is 21.8. The number of fused-ring (bicyclic) bond motifs is 1. The minimum Gasteiger partial charge on any atom is -0.497 e. The molecular formula is C30H35NO5. The standard InChI is InChI=1S/C30H35NO5/c1-19(15-28(32)31-14-13-21-9-7-6-8-10-21)23-17-25-26(18-36-30(25)20(2)29(23)35-5)24-16-22(33-3)11-12-27(24)34-4/h9,11-12,15-18H,6-8,10,13-14H2,1-5H3,(H,31,32)/b19-15+. The molecule has 0 atom stereocenters. The monoisotopic (exact) mass is 489 g/mol. The van der Waals surface area contributed by atoms with Gasteiger partial charge in [-0.05, 0) is 75.8 Å². The number of nitrogens with one attached hydrogen (secondary N) is 1. The second-order valence-corrected chi connectivity index (χ2v) is 9.15. The van der Waals surface area contributed by atoms with Crippen LogP contribution in [0.3, 0.4) is 0 Å². The van der Waals surface area contributed by atoms with E-state index in [1.807, 2.05) is 38.1 Å². The fraction of sp³-hybridized carbons (Fsp3) is 0.367. The molecule has 2 aromatic carbocycles. The lowest BCUT2D eigenvalue weighted by molar-refractivity contribution is -0.116. The molecule has 0 bridgehead atoms. The highest BCUT2D eigenvalue weighted by molar-refractivity contribution is 6.02. The number of amides is 1. The summed E-state index contributed by atoms with van der Waals surface area (Å²) < 4.78 is 22.8. The lowest BCUT2D eigenvalue weighted by Gasteiger charge is -2.14. The molecule has 0 spiro atoms. The van der Waals surface area contributed by atoms with Gasteiger partial charge >= 0.3 is 0 Å². The van der Waals surface area contributed by atoms with Crippen molar-refractivity contribution in [1.29, 1.82) is 0 Å². The molecule has 0 saturated heterocycles. The van der Waals surface area contributed by atoms with Gasteiger partial charge in [0.25, 0.3) is 0 Å². The van der Waals surface area contributed by atoms with E-state index >= 15 is 0 Å². The van der Waals surface area contributed by atoms with Gasteiger partial charge in [0, 0.05) is 40.3 Å². The van der Waals surface area contributed by atoms with Gasteiger partial charge in [-0.25, -0.2) is 0 Å². The zero-order chi connectivity index (χ0) is 25.7. The fourth-order valence-corrected chi connectivity index (χ4v) is 4.91. The summed E-state index contributed by atoms with van der Waals surface area (Å²) in [7, 11) is 4.92. The molecule has 0 unspecified atom stereocenters. The van der Waals surface area contributed by atoms with Crippen LogP contribution in [-0.2, 0) is 4.79 Å². The Bertz CT molecular complexity index is 1310. The third-order valence-electron chi connectivity index (χ3n) is 6.85. The molecule has 3 aromatic rings. The van der Waals surface area contributed by atoms with Crippen LogP contribution in [0.4, 0.5) is 0 Å². The van der Waals surface area contributed by atoms with Crippen LogP contribution in [0.15, 0.2) is 52.7 Å². The predicted octanol–water partition coefficient (Wildman–Crippen LogP) is 6.84. The average molecular weight is 490 g/mol. The van der Waals surface area contributed by atoms with Gasteiger partial charge in [-0.1, -0.05) is 11.6 Å². The van der Waals surface area contributed by atoms with E-state index in [9.17, 15) is 4.79 Å². The number of hydrogen-bond acceptors (Lipinski definition) is 5. The minimum absolute atomic E-state index is 0.106. The van der Waals surface area contributed by atoms with Crippen LogP contribution in [0.5, 0.6) is 17.2 Å². The number of carbonyl (C=O) groups excluding carboxylic acids is 1. The first-order valence-electron chi connectivity index (χ1n) is 12.4. The van der Waals surface area contributed by atoms with E-state index in [1.54, 1.807) is 33.7 Å². The number of ether oxygens (including phenoxy) is 3. The largest absolute Gasteiger partial charge is 0.497 e. The third-order valence-corrected chi connectivity index (χ3v) is 6.85. The van der Waals surface area contributed by atoms with Gasteiger partial charge in [0.15, 0.2) is 0 Å². The van der Waals surface area contributed by atoms with Crippen LogP contribution in [0.2, 0.25) is 0 Å². The molecule has 1 amide bonds. The fourth-order valence-electron chi connectivity index (χ4n) is 4.91. The summed E-state index contributed by atoms with van der Waals surface area (Å²) in [6.07, 6.45) is 11.4. The summed E-state index contributed by atoms with van der Waals surface area (Å²) in [5, 5.41) is 3.94. The quantitative estimate of drug-likeness (QED) is 0.263. The predicted molar refractivity (Wildman–Crippen MR) is 144 cm³/mol. The van der Waals surface area contributed by atoms with E-state index in [1.165, 1.54) is 18.4 Å². The number of benzene rings is 2. The first-order valence-corrected chi connectivity index (χ1v) is 12.4. The van der Waals surface area contributed by atoms with Gasteiger partial charge < -0.3 is 23.9 Å². The van der Waals surface area contributed by atoms with Crippen LogP contribution < -0.4 is 19.5 Å². The summed E-state index contributed by atoms with van der Waals surface area (Å²) in [5.41, 5.74) is 6.45. The zero-order valence-corrected chi connectivity index (χ0v) is 21.8. The smallest absolute Gasteiger partial charge is 0.244 e.